The van der Waals surface area contributed by atoms with E-state index < -0.39 is 6.10 Å². The molecule has 0 amide bonds. The van der Waals surface area contributed by atoms with Crippen molar-refractivity contribution in [2.24, 2.45) is 0 Å². The zero-order chi connectivity index (χ0) is 13.3. The van der Waals surface area contributed by atoms with Crippen LogP contribution in [-0.2, 0) is 13.0 Å². The molecule has 0 saturated heterocycles. The van der Waals surface area contributed by atoms with Gasteiger partial charge in [-0.05, 0) is 30.0 Å². The summed E-state index contributed by atoms with van der Waals surface area (Å²) in [6.07, 6.45) is 0.992. The van der Waals surface area contributed by atoms with Crippen LogP contribution in [-0.4, -0.2) is 32.9 Å². The molecule has 1 aromatic rings. The van der Waals surface area contributed by atoms with Crippen molar-refractivity contribution in [1.82, 2.24) is 5.32 Å². The van der Waals surface area contributed by atoms with Gasteiger partial charge in [0, 0.05) is 17.6 Å². The summed E-state index contributed by atoms with van der Waals surface area (Å²) >= 11 is 0. The zero-order valence-corrected chi connectivity index (χ0v) is 12.6. The molecule has 2 rings (SSSR count). The van der Waals surface area contributed by atoms with Gasteiger partial charge in [0.25, 0.3) is 0 Å². The first-order valence-electron chi connectivity index (χ1n) is 6.43. The van der Waals surface area contributed by atoms with E-state index in [1.165, 1.54) is 0 Å². The van der Waals surface area contributed by atoms with Crippen molar-refractivity contribution in [2.45, 2.75) is 51.5 Å². The normalized spacial score (nSPS) is 20.9. The fourth-order valence-electron chi connectivity index (χ4n) is 2.72. The highest BCUT2D eigenvalue weighted by atomic mass is 35.5. The molecular formula is C14H24ClNO4. The average Bonchev–Trinajstić information content (AvgIpc) is 2.32. The van der Waals surface area contributed by atoms with Crippen LogP contribution in [0.4, 0.5) is 0 Å². The first kappa shape index (κ1) is 19.1. The van der Waals surface area contributed by atoms with Crippen LogP contribution in [0.25, 0.3) is 0 Å². The Morgan fingerprint density at radius 3 is 2.55 bits per heavy atom. The van der Waals surface area contributed by atoms with Crippen LogP contribution in [0, 0.1) is 0 Å². The molecule has 0 aliphatic heterocycles. The Hall–Kier alpha value is -0.850. The van der Waals surface area contributed by atoms with Crippen molar-refractivity contribution in [3.63, 3.8) is 0 Å². The predicted octanol–water partition coefficient (Wildman–Crippen LogP) is 0.828. The number of nitrogens with one attached hydrogen (secondary N) is 1. The molecule has 0 heterocycles. The SMILES string of the molecule is CC(C)N[C@H]1CCc2c(ccc(O)c2CO)[C@@H]1O.Cl.O. The standard InChI is InChI=1S/C14H21NO3.ClH.H2O/c1-8(2)15-12-5-3-9-10(14(12)18)4-6-13(17)11(9)7-16;;/h4,6,8,12,14-18H,3,5,7H2,1-2H3;1H;1H2/t12-,14-;;/m0../s1. The first-order valence-corrected chi connectivity index (χ1v) is 6.43. The van der Waals surface area contributed by atoms with Crippen molar-refractivity contribution >= 4 is 12.4 Å². The minimum absolute atomic E-state index is 0. The molecule has 1 aliphatic carbocycles. The van der Waals surface area contributed by atoms with Crippen LogP contribution in [0.15, 0.2) is 12.1 Å². The molecule has 116 valence electrons. The highest BCUT2D eigenvalue weighted by Crippen LogP contribution is 2.35. The third-order valence-corrected chi connectivity index (χ3v) is 3.55. The number of aliphatic hydroxyl groups excluding tert-OH is 2. The van der Waals surface area contributed by atoms with E-state index in [0.29, 0.717) is 11.6 Å². The maximum Gasteiger partial charge on any atom is 0.121 e. The molecule has 0 saturated carbocycles. The van der Waals surface area contributed by atoms with Gasteiger partial charge < -0.3 is 26.1 Å². The van der Waals surface area contributed by atoms with Crippen LogP contribution in [0.2, 0.25) is 0 Å². The number of aliphatic hydroxyl groups is 2. The van der Waals surface area contributed by atoms with Gasteiger partial charge in [0.2, 0.25) is 0 Å². The third-order valence-electron chi connectivity index (χ3n) is 3.55. The molecule has 6 N–H and O–H groups in total. The van der Waals surface area contributed by atoms with Crippen molar-refractivity contribution < 1.29 is 20.8 Å². The summed E-state index contributed by atoms with van der Waals surface area (Å²) in [5.41, 5.74) is 2.27. The highest BCUT2D eigenvalue weighted by Gasteiger charge is 2.30. The largest absolute Gasteiger partial charge is 0.508 e. The fourth-order valence-corrected chi connectivity index (χ4v) is 2.72. The molecule has 0 fully saturated rings. The first-order chi connectivity index (χ1) is 8.54. The van der Waals surface area contributed by atoms with Crippen LogP contribution in [0.3, 0.4) is 0 Å². The van der Waals surface area contributed by atoms with Crippen LogP contribution >= 0.6 is 12.4 Å². The van der Waals surface area contributed by atoms with E-state index in [1.54, 1.807) is 12.1 Å². The van der Waals surface area contributed by atoms with E-state index in [1.807, 2.05) is 0 Å². The molecule has 0 aromatic heterocycles. The average molecular weight is 306 g/mol. The van der Waals surface area contributed by atoms with E-state index in [-0.39, 0.29) is 36.3 Å². The Kier molecular flexibility index (Phi) is 7.47. The maximum absolute atomic E-state index is 10.4. The van der Waals surface area contributed by atoms with Crippen molar-refractivity contribution in [3.8, 4) is 5.75 Å². The lowest BCUT2D eigenvalue weighted by molar-refractivity contribution is 0.110. The van der Waals surface area contributed by atoms with Gasteiger partial charge in [-0.2, -0.15) is 0 Å². The fraction of sp³-hybridized carbons (Fsp3) is 0.571. The van der Waals surface area contributed by atoms with Gasteiger partial charge >= 0.3 is 0 Å². The Balaban J connectivity index is 0.00000180. The summed E-state index contributed by atoms with van der Waals surface area (Å²) in [7, 11) is 0. The smallest absolute Gasteiger partial charge is 0.121 e. The minimum atomic E-state index is -0.581. The molecule has 6 heteroatoms. The number of benzene rings is 1. The Morgan fingerprint density at radius 2 is 2.00 bits per heavy atom. The van der Waals surface area contributed by atoms with Crippen molar-refractivity contribution in [3.05, 3.63) is 28.8 Å². The monoisotopic (exact) mass is 305 g/mol. The van der Waals surface area contributed by atoms with Gasteiger partial charge in [-0.3, -0.25) is 0 Å². The molecule has 0 spiro atoms. The zero-order valence-electron chi connectivity index (χ0n) is 11.8. The summed E-state index contributed by atoms with van der Waals surface area (Å²) < 4.78 is 0. The molecule has 1 aromatic carbocycles. The molecule has 1 aliphatic rings. The lowest BCUT2D eigenvalue weighted by Gasteiger charge is -2.33. The molecule has 0 bridgehead atoms. The van der Waals surface area contributed by atoms with E-state index in [4.69, 9.17) is 0 Å². The molecule has 20 heavy (non-hydrogen) atoms. The van der Waals surface area contributed by atoms with Crippen LogP contribution in [0.5, 0.6) is 5.75 Å². The predicted molar refractivity (Wildman–Crippen MR) is 80.2 cm³/mol. The minimum Gasteiger partial charge on any atom is -0.508 e. The number of hydrogen-bond acceptors (Lipinski definition) is 4. The number of phenols is 1. The van der Waals surface area contributed by atoms with Crippen LogP contribution in [0.1, 0.15) is 43.1 Å². The summed E-state index contributed by atoms with van der Waals surface area (Å²) in [4.78, 5) is 0. The van der Waals surface area contributed by atoms with Crippen molar-refractivity contribution in [2.75, 3.05) is 0 Å². The van der Waals surface area contributed by atoms with Gasteiger partial charge in [0.15, 0.2) is 0 Å². The third kappa shape index (κ3) is 3.62. The highest BCUT2D eigenvalue weighted by molar-refractivity contribution is 5.85. The Morgan fingerprint density at radius 1 is 1.35 bits per heavy atom. The van der Waals surface area contributed by atoms with Gasteiger partial charge in [0.05, 0.1) is 12.7 Å². The number of rotatable bonds is 3. The van der Waals surface area contributed by atoms with Gasteiger partial charge in [-0.15, -0.1) is 12.4 Å². The van der Waals surface area contributed by atoms with Crippen molar-refractivity contribution in [1.29, 1.82) is 0 Å². The maximum atomic E-state index is 10.4. The lowest BCUT2D eigenvalue weighted by Crippen LogP contribution is -2.42. The molecule has 2 atom stereocenters. The quantitative estimate of drug-likeness (QED) is 0.664. The van der Waals surface area contributed by atoms with E-state index in [0.717, 1.165) is 24.0 Å². The summed E-state index contributed by atoms with van der Waals surface area (Å²) in [6.45, 7) is 3.92. The summed E-state index contributed by atoms with van der Waals surface area (Å²) in [5, 5.41) is 32.7. The van der Waals surface area contributed by atoms with E-state index in [9.17, 15) is 15.3 Å². The topological polar surface area (TPSA) is 104 Å². The van der Waals surface area contributed by atoms with Crippen LogP contribution < -0.4 is 5.32 Å². The molecule has 0 unspecified atom stereocenters. The summed E-state index contributed by atoms with van der Waals surface area (Å²) in [6, 6.07) is 3.66. The number of halogens is 1. The van der Waals surface area contributed by atoms with Gasteiger partial charge in [0.1, 0.15) is 5.75 Å². The second kappa shape index (κ2) is 7.81. The number of fused-ring (bicyclic) bond motifs is 1. The number of aromatic hydroxyl groups is 1. The number of hydrogen-bond donors (Lipinski definition) is 4. The van der Waals surface area contributed by atoms with E-state index >= 15 is 0 Å². The summed E-state index contributed by atoms with van der Waals surface area (Å²) in [5.74, 6) is 0.110. The Bertz CT molecular complexity index is 439. The second-order valence-electron chi connectivity index (χ2n) is 5.20. The molecular weight excluding hydrogens is 282 g/mol. The van der Waals surface area contributed by atoms with Gasteiger partial charge in [-0.25, -0.2) is 0 Å². The Labute approximate surface area is 125 Å². The van der Waals surface area contributed by atoms with Gasteiger partial charge in [-0.1, -0.05) is 19.9 Å². The van der Waals surface area contributed by atoms with E-state index in [2.05, 4.69) is 19.2 Å². The second-order valence-corrected chi connectivity index (χ2v) is 5.20. The lowest BCUT2D eigenvalue weighted by atomic mass is 9.83. The molecule has 5 nitrogen and oxygen atoms in total. The molecule has 0 radical (unpaired) electrons.